The maximum absolute atomic E-state index is 11.5. The van der Waals surface area contributed by atoms with Gasteiger partial charge in [0.15, 0.2) is 5.82 Å². The Hall–Kier alpha value is -3.43. The molecule has 1 aliphatic rings. The summed E-state index contributed by atoms with van der Waals surface area (Å²) >= 11 is 6.50. The number of fused-ring (bicyclic) bond motifs is 1. The first-order valence-corrected chi connectivity index (χ1v) is 11.6. The first-order valence-electron chi connectivity index (χ1n) is 11.2. The van der Waals surface area contributed by atoms with Crippen molar-refractivity contribution in [3.05, 3.63) is 58.6 Å². The Labute approximate surface area is 202 Å². The highest BCUT2D eigenvalue weighted by Gasteiger charge is 2.31. The smallest absolute Gasteiger partial charge is 0.320 e. The number of anilines is 2. The molecule has 0 bridgehead atoms. The lowest BCUT2D eigenvalue weighted by Gasteiger charge is -2.20. The van der Waals surface area contributed by atoms with Crippen LogP contribution in [0.25, 0.3) is 16.7 Å². The van der Waals surface area contributed by atoms with Crippen molar-refractivity contribution in [2.24, 2.45) is 7.05 Å². The minimum atomic E-state index is -0.765. The molecule has 2 N–H and O–H groups in total. The van der Waals surface area contributed by atoms with Crippen molar-refractivity contribution < 1.29 is 9.90 Å². The van der Waals surface area contributed by atoms with E-state index >= 15 is 0 Å². The van der Waals surface area contributed by atoms with Crippen LogP contribution < -0.4 is 5.32 Å². The molecule has 1 aliphatic heterocycles. The average molecular weight is 480 g/mol. The number of likely N-dealkylation sites (tertiary alicyclic amines) is 1. The number of aromatic nitrogens is 5. The molecule has 1 aromatic carbocycles. The molecule has 0 aliphatic carbocycles. The van der Waals surface area contributed by atoms with Crippen LogP contribution in [0.3, 0.4) is 0 Å². The predicted octanol–water partition coefficient (Wildman–Crippen LogP) is 4.22. The van der Waals surface area contributed by atoms with Crippen LogP contribution in [0, 0.1) is 13.8 Å². The lowest BCUT2D eigenvalue weighted by atomic mass is 10.2. The van der Waals surface area contributed by atoms with Gasteiger partial charge in [0.05, 0.1) is 10.7 Å². The highest BCUT2D eigenvalue weighted by Crippen LogP contribution is 2.32. The van der Waals surface area contributed by atoms with Crippen molar-refractivity contribution >= 4 is 40.1 Å². The molecule has 1 saturated heterocycles. The summed E-state index contributed by atoms with van der Waals surface area (Å²) in [4.78, 5) is 22.5. The number of rotatable bonds is 6. The maximum atomic E-state index is 11.5. The lowest BCUT2D eigenvalue weighted by Crippen LogP contribution is -2.35. The minimum Gasteiger partial charge on any atom is -0.480 e. The van der Waals surface area contributed by atoms with Crippen LogP contribution in [0.5, 0.6) is 0 Å². The maximum Gasteiger partial charge on any atom is 0.320 e. The average Bonchev–Trinajstić information content (AvgIpc) is 3.49. The summed E-state index contributed by atoms with van der Waals surface area (Å²) < 4.78 is 3.78. The van der Waals surface area contributed by atoms with Crippen molar-refractivity contribution in [1.29, 1.82) is 0 Å². The SMILES string of the molecule is Cc1nn(-c2ccnc(Nc3ccc4c(c3)c(Cl)c(C)n4C)n2)cc1CN1CCC[C@H]1C(=O)O. The molecule has 0 saturated carbocycles. The normalized spacial score (nSPS) is 16.4. The largest absolute Gasteiger partial charge is 0.480 e. The van der Waals surface area contributed by atoms with Crippen LogP contribution in [0.2, 0.25) is 5.02 Å². The van der Waals surface area contributed by atoms with Crippen molar-refractivity contribution in [3.63, 3.8) is 0 Å². The molecular formula is C24H26ClN7O2. The van der Waals surface area contributed by atoms with Gasteiger partial charge >= 0.3 is 5.97 Å². The van der Waals surface area contributed by atoms with Gasteiger partial charge in [-0.25, -0.2) is 9.67 Å². The third-order valence-electron chi connectivity index (χ3n) is 6.57. The van der Waals surface area contributed by atoms with Gasteiger partial charge in [-0.1, -0.05) is 11.6 Å². The monoisotopic (exact) mass is 479 g/mol. The molecule has 0 unspecified atom stereocenters. The Morgan fingerprint density at radius 1 is 1.29 bits per heavy atom. The minimum absolute atomic E-state index is 0.433. The van der Waals surface area contributed by atoms with Crippen LogP contribution in [-0.2, 0) is 18.4 Å². The van der Waals surface area contributed by atoms with Gasteiger partial charge in [-0.3, -0.25) is 9.69 Å². The van der Waals surface area contributed by atoms with E-state index in [2.05, 4.69) is 25.0 Å². The lowest BCUT2D eigenvalue weighted by molar-refractivity contribution is -0.142. The van der Waals surface area contributed by atoms with E-state index in [1.54, 1.807) is 16.9 Å². The van der Waals surface area contributed by atoms with Crippen molar-refractivity contribution in [2.75, 3.05) is 11.9 Å². The van der Waals surface area contributed by atoms with Crippen molar-refractivity contribution in [1.82, 2.24) is 29.2 Å². The quantitative estimate of drug-likeness (QED) is 0.427. The Balaban J connectivity index is 1.37. The molecule has 5 rings (SSSR count). The third-order valence-corrected chi connectivity index (χ3v) is 7.05. The number of carbonyl (C=O) groups is 1. The Morgan fingerprint density at radius 3 is 2.91 bits per heavy atom. The van der Waals surface area contributed by atoms with Gasteiger partial charge in [0.25, 0.3) is 0 Å². The Morgan fingerprint density at radius 2 is 2.12 bits per heavy atom. The van der Waals surface area contributed by atoms with E-state index in [1.165, 1.54) is 0 Å². The van der Waals surface area contributed by atoms with Crippen LogP contribution in [0.15, 0.2) is 36.7 Å². The van der Waals surface area contributed by atoms with Gasteiger partial charge in [-0.15, -0.1) is 0 Å². The first-order chi connectivity index (χ1) is 16.3. The van der Waals surface area contributed by atoms with E-state index in [1.807, 2.05) is 50.2 Å². The highest BCUT2D eigenvalue weighted by molar-refractivity contribution is 6.36. The number of aryl methyl sites for hydroxylation is 2. The number of benzene rings is 1. The van der Waals surface area contributed by atoms with Crippen LogP contribution >= 0.6 is 11.6 Å². The van der Waals surface area contributed by atoms with Gasteiger partial charge in [-0.2, -0.15) is 10.1 Å². The third kappa shape index (κ3) is 4.01. The van der Waals surface area contributed by atoms with Gasteiger partial charge in [-0.05, 0) is 51.4 Å². The number of carboxylic acid groups (broad SMARTS) is 1. The summed E-state index contributed by atoms with van der Waals surface area (Å²) in [6.45, 7) is 5.25. The molecule has 0 amide bonds. The molecule has 176 valence electrons. The second-order valence-electron chi connectivity index (χ2n) is 8.70. The second kappa shape index (κ2) is 8.73. The number of hydrogen-bond donors (Lipinski definition) is 2. The summed E-state index contributed by atoms with van der Waals surface area (Å²) in [7, 11) is 2.00. The standard InChI is InChI=1S/C24H26ClN7O2/c1-14-16(12-31-10-4-5-20(31)23(33)34)13-32(29-14)21-8-9-26-24(28-21)27-17-6-7-19-18(11-17)22(25)15(2)30(19)3/h6-9,11,13,20H,4-5,10,12H2,1-3H3,(H,33,34)(H,26,27,28)/t20-/m0/s1. The van der Waals surface area contributed by atoms with E-state index in [9.17, 15) is 9.90 Å². The fraction of sp³-hybridized carbons (Fsp3) is 0.333. The summed E-state index contributed by atoms with van der Waals surface area (Å²) in [5.74, 6) is 0.303. The zero-order chi connectivity index (χ0) is 24.0. The van der Waals surface area contributed by atoms with E-state index in [-0.39, 0.29) is 0 Å². The van der Waals surface area contributed by atoms with Crippen LogP contribution in [-0.4, -0.2) is 52.9 Å². The molecule has 1 fully saturated rings. The topological polar surface area (TPSA) is 101 Å². The van der Waals surface area contributed by atoms with Gasteiger partial charge in [0.2, 0.25) is 5.95 Å². The molecule has 1 atom stereocenters. The molecule has 4 aromatic rings. The van der Waals surface area contributed by atoms with Gasteiger partial charge in [0.1, 0.15) is 6.04 Å². The van der Waals surface area contributed by atoms with Gasteiger partial charge < -0.3 is 15.0 Å². The predicted molar refractivity (Wildman–Crippen MR) is 131 cm³/mol. The number of halogens is 1. The van der Waals surface area contributed by atoms with E-state index < -0.39 is 12.0 Å². The second-order valence-corrected chi connectivity index (χ2v) is 9.08. The fourth-order valence-electron chi connectivity index (χ4n) is 4.55. The van der Waals surface area contributed by atoms with Gasteiger partial charge in [0, 0.05) is 59.9 Å². The number of carboxylic acids is 1. The molecule has 0 spiro atoms. The molecule has 10 heteroatoms. The summed E-state index contributed by atoms with van der Waals surface area (Å²) in [6, 6.07) is 7.34. The van der Waals surface area contributed by atoms with Crippen molar-refractivity contribution in [3.8, 4) is 5.82 Å². The summed E-state index contributed by atoms with van der Waals surface area (Å²) in [5, 5.41) is 19.0. The summed E-state index contributed by atoms with van der Waals surface area (Å²) in [6.07, 6.45) is 5.17. The molecule has 9 nitrogen and oxygen atoms in total. The van der Waals surface area contributed by atoms with Crippen molar-refractivity contribution in [2.45, 2.75) is 39.3 Å². The first kappa shape index (κ1) is 22.4. The van der Waals surface area contributed by atoms with E-state index in [0.29, 0.717) is 24.7 Å². The number of nitrogens with one attached hydrogen (secondary N) is 1. The zero-order valence-electron chi connectivity index (χ0n) is 19.3. The number of hydrogen-bond acceptors (Lipinski definition) is 6. The molecule has 3 aromatic heterocycles. The van der Waals surface area contributed by atoms with Crippen LogP contribution in [0.1, 0.15) is 29.8 Å². The summed E-state index contributed by atoms with van der Waals surface area (Å²) in [5.41, 5.74) is 4.75. The van der Waals surface area contributed by atoms with E-state index in [4.69, 9.17) is 11.6 Å². The Bertz CT molecular complexity index is 1390. The van der Waals surface area contributed by atoms with E-state index in [0.717, 1.165) is 51.5 Å². The Kier molecular flexibility index (Phi) is 5.75. The molecular weight excluding hydrogens is 454 g/mol. The fourth-order valence-corrected chi connectivity index (χ4v) is 4.83. The molecule has 0 radical (unpaired) electrons. The zero-order valence-corrected chi connectivity index (χ0v) is 20.0. The highest BCUT2D eigenvalue weighted by atomic mass is 35.5. The number of nitrogens with zero attached hydrogens (tertiary/aromatic N) is 6. The molecule has 34 heavy (non-hydrogen) atoms. The van der Waals surface area contributed by atoms with Crippen LogP contribution in [0.4, 0.5) is 11.6 Å². The number of aliphatic carboxylic acids is 1. The molecule has 4 heterocycles.